The van der Waals surface area contributed by atoms with Crippen LogP contribution in [-0.4, -0.2) is 18.8 Å². The van der Waals surface area contributed by atoms with Crippen molar-refractivity contribution in [2.24, 2.45) is 0 Å². The second-order valence-corrected chi connectivity index (χ2v) is 24.5. The van der Waals surface area contributed by atoms with Crippen LogP contribution >= 0.6 is 0 Å². The van der Waals surface area contributed by atoms with Gasteiger partial charge < -0.3 is 18.9 Å². The van der Waals surface area contributed by atoms with Gasteiger partial charge in [0.2, 0.25) is 0 Å². The van der Waals surface area contributed by atoms with Gasteiger partial charge in [-0.2, -0.15) is 24.2 Å². The quantitative estimate of drug-likeness (QED) is 0.0762. The molecule has 0 aromatic heterocycles. The molecule has 80 heavy (non-hydrogen) atoms. The van der Waals surface area contributed by atoms with Crippen molar-refractivity contribution in [2.45, 2.75) is 110 Å². The maximum Gasteiger partial charge on any atom is 0.294 e. The fourth-order valence-corrected chi connectivity index (χ4v) is 10.2. The zero-order valence-electron chi connectivity index (χ0n) is 46.9. The Morgan fingerprint density at radius 1 is 0.475 bits per heavy atom. The number of benzene rings is 8. The topological polar surface area (TPSA) is 180 Å². The van der Waals surface area contributed by atoms with Gasteiger partial charge >= 0.3 is 0 Å². The van der Waals surface area contributed by atoms with E-state index < -0.39 is 26.4 Å². The van der Waals surface area contributed by atoms with Gasteiger partial charge in [-0.15, -0.1) is 0 Å². The van der Waals surface area contributed by atoms with Gasteiger partial charge in [-0.25, -0.2) is 0 Å². The summed E-state index contributed by atoms with van der Waals surface area (Å²) in [6.45, 7) is 22.1. The average Bonchev–Trinajstić information content (AvgIpc) is 3.44. The van der Waals surface area contributed by atoms with E-state index in [2.05, 4.69) is 59.8 Å². The highest BCUT2D eigenvalue weighted by molar-refractivity contribution is 7.85. The van der Waals surface area contributed by atoms with E-state index >= 15 is 0 Å². The third kappa shape index (κ3) is 12.9. The van der Waals surface area contributed by atoms with E-state index in [1.807, 2.05) is 107 Å². The van der Waals surface area contributed by atoms with Crippen molar-refractivity contribution in [3.05, 3.63) is 230 Å². The van der Waals surface area contributed by atoms with Crippen LogP contribution in [0.15, 0.2) is 157 Å². The van der Waals surface area contributed by atoms with Crippen molar-refractivity contribution in [3.63, 3.8) is 0 Å². The Morgan fingerprint density at radius 3 is 1.46 bits per heavy atom. The zero-order chi connectivity index (χ0) is 57.9. The highest BCUT2D eigenvalue weighted by atomic mass is 32.2. The van der Waals surface area contributed by atoms with Gasteiger partial charge in [-0.3, -0.25) is 9.35 Å². The SMILES string of the molecule is Cc1cc(Cc2cccc(Oc3ccc(Oc4cccc(Oc5cc(C(C)(C)C)c(Oc6cccc(Cc7ccc(C)c(C(=O)c8ccccc8)c7)c6C#N)cc5C(C)(C)C)c4C#N)c(C(C)(C)C)c3)c2C#N)cc(S(=O)(=O)O)c1. The normalized spacial score (nSPS) is 11.7. The predicted molar refractivity (Wildman–Crippen MR) is 310 cm³/mol. The van der Waals surface area contributed by atoms with Gasteiger partial charge in [-0.1, -0.05) is 141 Å². The molecule has 12 heteroatoms. The molecule has 0 atom stereocenters. The van der Waals surface area contributed by atoms with Crippen LogP contribution in [0.1, 0.15) is 145 Å². The van der Waals surface area contributed by atoms with Crippen LogP contribution in [0.25, 0.3) is 0 Å². The Morgan fingerprint density at radius 2 is 0.950 bits per heavy atom. The minimum Gasteiger partial charge on any atom is -0.456 e. The van der Waals surface area contributed by atoms with Crippen LogP contribution in [0, 0.1) is 47.8 Å². The molecule has 0 saturated carbocycles. The van der Waals surface area contributed by atoms with Crippen LogP contribution in [0.4, 0.5) is 0 Å². The second kappa shape index (κ2) is 22.8. The van der Waals surface area contributed by atoms with Gasteiger partial charge in [-0.05, 0) is 149 Å². The van der Waals surface area contributed by atoms with E-state index in [4.69, 9.17) is 18.9 Å². The van der Waals surface area contributed by atoms with Crippen molar-refractivity contribution in [2.75, 3.05) is 0 Å². The Kier molecular flexibility index (Phi) is 16.3. The number of carbonyl (C=O) groups excluding carboxylic acids is 1. The Labute approximate surface area is 470 Å². The lowest BCUT2D eigenvalue weighted by atomic mass is 9.80. The standard InChI is InChI=1S/C68H63N3O8S/c1-42-30-45(34-50(31-42)80(73,74)75)33-48-21-15-22-58(52(48)39-69)76-49-28-29-62(55(36-49)66(3,4)5)77-60-24-17-25-61(54(60)41-71)79-64-38-56(67(6,7)8)63(37-57(64)68(9,10)11)78-59-23-16-20-47(53(59)40-70)32-44-27-26-43(2)51(35-44)65(72)46-18-13-12-14-19-46/h12-31,34-38H,32-33H2,1-11H3,(H,73,74,75). The molecule has 0 saturated heterocycles. The predicted octanol–water partition coefficient (Wildman–Crippen LogP) is 16.6. The first-order valence-corrected chi connectivity index (χ1v) is 27.6. The number of carbonyl (C=O) groups is 1. The number of ether oxygens (including phenoxy) is 4. The summed E-state index contributed by atoms with van der Waals surface area (Å²) in [5.74, 6) is 3.11. The molecule has 0 bridgehead atoms. The minimum absolute atomic E-state index is 0.0626. The Hall–Kier alpha value is -8.99. The summed E-state index contributed by atoms with van der Waals surface area (Å²) < 4.78 is 60.4. The Balaban J connectivity index is 1.09. The van der Waals surface area contributed by atoms with Gasteiger partial charge in [0.1, 0.15) is 69.8 Å². The van der Waals surface area contributed by atoms with Crippen molar-refractivity contribution >= 4 is 15.9 Å². The fourth-order valence-electron chi connectivity index (χ4n) is 9.58. The first-order chi connectivity index (χ1) is 37.7. The van der Waals surface area contributed by atoms with Crippen LogP contribution in [0.5, 0.6) is 46.0 Å². The van der Waals surface area contributed by atoms with E-state index in [0.29, 0.717) is 74.3 Å². The van der Waals surface area contributed by atoms with Crippen molar-refractivity contribution in [1.82, 2.24) is 0 Å². The van der Waals surface area contributed by atoms with Crippen molar-refractivity contribution in [3.8, 4) is 64.2 Å². The summed E-state index contributed by atoms with van der Waals surface area (Å²) in [4.78, 5) is 13.3. The molecule has 0 spiro atoms. The lowest BCUT2D eigenvalue weighted by Crippen LogP contribution is -2.17. The summed E-state index contributed by atoms with van der Waals surface area (Å²) in [5.41, 5.74) is 7.23. The largest absolute Gasteiger partial charge is 0.456 e. The molecule has 0 fully saturated rings. The number of hydrogen-bond donors (Lipinski definition) is 1. The number of aryl methyl sites for hydroxylation is 2. The molecular formula is C68H63N3O8S. The number of nitrogens with zero attached hydrogens (tertiary/aromatic N) is 3. The van der Waals surface area contributed by atoms with E-state index in [9.17, 15) is 33.6 Å². The molecule has 0 amide bonds. The molecule has 404 valence electrons. The zero-order valence-corrected chi connectivity index (χ0v) is 47.7. The molecule has 0 aliphatic carbocycles. The first-order valence-electron chi connectivity index (χ1n) is 26.1. The molecule has 8 aromatic carbocycles. The first kappa shape index (κ1) is 57.2. The summed E-state index contributed by atoms with van der Waals surface area (Å²) in [7, 11) is -4.44. The van der Waals surface area contributed by atoms with E-state index in [0.717, 1.165) is 33.4 Å². The lowest BCUT2D eigenvalue weighted by Gasteiger charge is -2.29. The van der Waals surface area contributed by atoms with Crippen molar-refractivity contribution in [1.29, 1.82) is 15.8 Å². The molecule has 0 aliphatic heterocycles. The minimum atomic E-state index is -4.44. The summed E-state index contributed by atoms with van der Waals surface area (Å²) in [6.07, 6.45) is 0.606. The highest BCUT2D eigenvalue weighted by Crippen LogP contribution is 2.47. The van der Waals surface area contributed by atoms with E-state index in [1.54, 1.807) is 67.6 Å². The Bertz CT molecular complexity index is 3950. The number of rotatable bonds is 15. The number of ketones is 1. The molecule has 8 rings (SSSR count). The van der Waals surface area contributed by atoms with E-state index in [1.165, 1.54) is 12.1 Å². The average molecular weight is 1080 g/mol. The van der Waals surface area contributed by atoms with Gasteiger partial charge in [0.05, 0.1) is 16.0 Å². The fraction of sp³-hybridized carbons (Fsp3) is 0.235. The van der Waals surface area contributed by atoms with Gasteiger partial charge in [0, 0.05) is 27.8 Å². The number of hydrogen-bond acceptors (Lipinski definition) is 10. The van der Waals surface area contributed by atoms with Crippen molar-refractivity contribution < 1.29 is 36.7 Å². The third-order valence-electron chi connectivity index (χ3n) is 13.7. The molecule has 8 aromatic rings. The summed E-state index contributed by atoms with van der Waals surface area (Å²) in [6, 6.07) is 51.8. The maximum atomic E-state index is 13.6. The monoisotopic (exact) mass is 1080 g/mol. The smallest absolute Gasteiger partial charge is 0.294 e. The summed E-state index contributed by atoms with van der Waals surface area (Å²) >= 11 is 0. The second-order valence-electron chi connectivity index (χ2n) is 23.0. The molecule has 0 unspecified atom stereocenters. The van der Waals surface area contributed by atoms with Gasteiger partial charge in [0.15, 0.2) is 5.78 Å². The van der Waals surface area contributed by atoms with E-state index in [-0.39, 0.29) is 39.7 Å². The van der Waals surface area contributed by atoms with Gasteiger partial charge in [0.25, 0.3) is 10.1 Å². The van der Waals surface area contributed by atoms with Crippen LogP contribution in [0.3, 0.4) is 0 Å². The molecule has 0 heterocycles. The van der Waals surface area contributed by atoms with Crippen LogP contribution < -0.4 is 18.9 Å². The molecular weight excluding hydrogens is 1020 g/mol. The third-order valence-corrected chi connectivity index (χ3v) is 14.5. The molecule has 0 radical (unpaired) electrons. The van der Waals surface area contributed by atoms with Crippen LogP contribution in [-0.2, 0) is 39.2 Å². The molecule has 11 nitrogen and oxygen atoms in total. The summed E-state index contributed by atoms with van der Waals surface area (Å²) in [5, 5.41) is 32.0. The molecule has 1 N–H and O–H groups in total. The molecule has 0 aliphatic rings. The highest BCUT2D eigenvalue weighted by Gasteiger charge is 2.30. The lowest BCUT2D eigenvalue weighted by molar-refractivity contribution is 0.103. The van der Waals surface area contributed by atoms with Crippen LogP contribution in [0.2, 0.25) is 0 Å². The maximum absolute atomic E-state index is 13.6. The number of nitriles is 3.